The Hall–Kier alpha value is -0.560. The highest BCUT2D eigenvalue weighted by Crippen LogP contribution is 2.26. The lowest BCUT2D eigenvalue weighted by Gasteiger charge is -2.05. The van der Waals surface area contributed by atoms with Gasteiger partial charge in [-0.2, -0.15) is 0 Å². The number of aliphatic hydroxyl groups is 1. The third kappa shape index (κ3) is 2.52. The van der Waals surface area contributed by atoms with E-state index in [-0.39, 0.29) is 0 Å². The fourth-order valence-electron chi connectivity index (χ4n) is 1.03. The molecule has 2 aromatic rings. The summed E-state index contributed by atoms with van der Waals surface area (Å²) >= 11 is 9.99. The molecule has 0 amide bonds. The predicted molar refractivity (Wildman–Crippen MR) is 60.9 cm³/mol. The smallest absolute Gasteiger partial charge is 0.207 e. The monoisotopic (exact) mass is 305 g/mol. The van der Waals surface area contributed by atoms with Crippen LogP contribution in [0.15, 0.2) is 22.8 Å². The van der Waals surface area contributed by atoms with Gasteiger partial charge in [-0.15, -0.1) is 10.2 Å². The molecule has 2 aromatic heterocycles. The van der Waals surface area contributed by atoms with Crippen molar-refractivity contribution in [2.24, 2.45) is 0 Å². The summed E-state index contributed by atoms with van der Waals surface area (Å²) in [5.41, 5.74) is 0.511. The molecule has 0 saturated carbocycles. The van der Waals surface area contributed by atoms with Gasteiger partial charge in [0.25, 0.3) is 0 Å². The molecular weight excluding hydrogens is 302 g/mol. The van der Waals surface area contributed by atoms with Gasteiger partial charge in [0.05, 0.1) is 5.69 Å². The molecule has 0 aliphatic rings. The van der Waals surface area contributed by atoms with Crippen LogP contribution in [0.4, 0.5) is 0 Å². The van der Waals surface area contributed by atoms with E-state index in [0.29, 0.717) is 19.8 Å². The number of aliphatic hydroxyl groups excluding tert-OH is 1. The minimum atomic E-state index is -0.882. The summed E-state index contributed by atoms with van der Waals surface area (Å²) in [6, 6.07) is 5.28. The zero-order chi connectivity index (χ0) is 10.8. The largest absolute Gasteiger partial charge is 0.379 e. The highest BCUT2D eigenvalue weighted by atomic mass is 79.9. The first kappa shape index (κ1) is 10.9. The molecule has 78 valence electrons. The molecule has 2 rings (SSSR count). The van der Waals surface area contributed by atoms with E-state index in [1.54, 1.807) is 18.2 Å². The lowest BCUT2D eigenvalue weighted by atomic mass is 10.2. The standard InChI is InChI=1S/C8H5BrClN3OS/c9-5-3-1-2-4(11-5)6(14)7-12-13-8(10)15-7/h1-3,6,14H. The number of pyridine rings is 1. The first-order valence-corrected chi connectivity index (χ1v) is 5.95. The summed E-state index contributed by atoms with van der Waals surface area (Å²) in [7, 11) is 0. The van der Waals surface area contributed by atoms with Crippen LogP contribution in [-0.2, 0) is 0 Å². The van der Waals surface area contributed by atoms with Crippen molar-refractivity contribution in [3.63, 3.8) is 0 Å². The number of rotatable bonds is 2. The van der Waals surface area contributed by atoms with Gasteiger partial charge in [0.15, 0.2) is 5.01 Å². The predicted octanol–water partition coefficient (Wildman–Crippen LogP) is 2.43. The molecule has 2 heterocycles. The van der Waals surface area contributed by atoms with Crippen LogP contribution in [0.25, 0.3) is 0 Å². The first-order valence-electron chi connectivity index (χ1n) is 3.96. The summed E-state index contributed by atoms with van der Waals surface area (Å²) in [5, 5.41) is 17.7. The molecule has 0 saturated heterocycles. The number of hydrogen-bond acceptors (Lipinski definition) is 5. The second-order valence-electron chi connectivity index (χ2n) is 2.68. The summed E-state index contributed by atoms with van der Waals surface area (Å²) < 4.78 is 0.966. The van der Waals surface area contributed by atoms with Crippen molar-refractivity contribution in [2.75, 3.05) is 0 Å². The Labute approximate surface area is 103 Å². The minimum Gasteiger partial charge on any atom is -0.379 e. The van der Waals surface area contributed by atoms with Crippen LogP contribution in [0, 0.1) is 0 Å². The minimum absolute atomic E-state index is 0.305. The van der Waals surface area contributed by atoms with E-state index < -0.39 is 6.10 Å². The number of nitrogens with zero attached hydrogens (tertiary/aromatic N) is 3. The van der Waals surface area contributed by atoms with Crippen LogP contribution in [0.3, 0.4) is 0 Å². The van der Waals surface area contributed by atoms with Crippen LogP contribution < -0.4 is 0 Å². The van der Waals surface area contributed by atoms with E-state index >= 15 is 0 Å². The molecule has 0 spiro atoms. The number of halogens is 2. The Morgan fingerprint density at radius 2 is 2.20 bits per heavy atom. The van der Waals surface area contributed by atoms with Gasteiger partial charge in [-0.05, 0) is 39.7 Å². The van der Waals surface area contributed by atoms with E-state index in [9.17, 15) is 5.11 Å². The lowest BCUT2D eigenvalue weighted by Crippen LogP contribution is -2.01. The van der Waals surface area contributed by atoms with Crippen molar-refractivity contribution in [1.29, 1.82) is 0 Å². The third-order valence-corrected chi connectivity index (χ3v) is 3.18. The Bertz CT molecular complexity index is 478. The van der Waals surface area contributed by atoms with Gasteiger partial charge in [0.1, 0.15) is 10.7 Å². The first-order chi connectivity index (χ1) is 7.16. The van der Waals surface area contributed by atoms with Crippen LogP contribution in [0.2, 0.25) is 4.47 Å². The maximum Gasteiger partial charge on any atom is 0.207 e. The van der Waals surface area contributed by atoms with Gasteiger partial charge in [-0.25, -0.2) is 4.98 Å². The number of hydrogen-bond donors (Lipinski definition) is 1. The molecule has 0 radical (unpaired) electrons. The van der Waals surface area contributed by atoms with Crippen molar-refractivity contribution in [3.8, 4) is 0 Å². The molecule has 0 bridgehead atoms. The van der Waals surface area contributed by atoms with E-state index in [4.69, 9.17) is 11.6 Å². The highest BCUT2D eigenvalue weighted by Gasteiger charge is 2.16. The Morgan fingerprint density at radius 3 is 2.80 bits per heavy atom. The second kappa shape index (κ2) is 4.52. The highest BCUT2D eigenvalue weighted by molar-refractivity contribution is 9.10. The fraction of sp³-hybridized carbons (Fsp3) is 0.125. The summed E-state index contributed by atoms with van der Waals surface area (Å²) in [5.74, 6) is 0. The maximum atomic E-state index is 9.90. The van der Waals surface area contributed by atoms with Crippen LogP contribution in [0.5, 0.6) is 0 Å². The molecule has 1 atom stereocenters. The molecule has 0 aromatic carbocycles. The van der Waals surface area contributed by atoms with E-state index in [2.05, 4.69) is 31.1 Å². The second-order valence-corrected chi connectivity index (χ2v) is 5.08. The third-order valence-electron chi connectivity index (χ3n) is 1.67. The topological polar surface area (TPSA) is 58.9 Å². The zero-order valence-electron chi connectivity index (χ0n) is 7.26. The molecular formula is C8H5BrClN3OS. The van der Waals surface area contributed by atoms with Gasteiger partial charge in [-0.3, -0.25) is 0 Å². The normalized spacial score (nSPS) is 12.7. The van der Waals surface area contributed by atoms with Crippen LogP contribution in [0.1, 0.15) is 16.8 Å². The van der Waals surface area contributed by atoms with Crippen LogP contribution >= 0.6 is 38.9 Å². The van der Waals surface area contributed by atoms with E-state index in [1.807, 2.05) is 0 Å². The molecule has 7 heteroatoms. The van der Waals surface area contributed by atoms with Crippen molar-refractivity contribution in [3.05, 3.63) is 38.0 Å². The molecule has 0 aliphatic carbocycles. The average Bonchev–Trinajstić information content (AvgIpc) is 2.64. The molecule has 4 nitrogen and oxygen atoms in total. The van der Waals surface area contributed by atoms with Gasteiger partial charge < -0.3 is 5.11 Å². The Balaban J connectivity index is 2.32. The van der Waals surface area contributed by atoms with Crippen LogP contribution in [-0.4, -0.2) is 20.3 Å². The summed E-state index contributed by atoms with van der Waals surface area (Å²) in [4.78, 5) is 4.12. The summed E-state index contributed by atoms with van der Waals surface area (Å²) in [6.45, 7) is 0. The Morgan fingerprint density at radius 1 is 1.40 bits per heavy atom. The fourth-order valence-corrected chi connectivity index (χ4v) is 2.23. The van der Waals surface area contributed by atoms with Gasteiger partial charge in [0, 0.05) is 0 Å². The molecule has 0 aliphatic heterocycles. The number of aromatic nitrogens is 3. The average molecular weight is 307 g/mol. The van der Waals surface area contributed by atoms with Crippen molar-refractivity contribution in [2.45, 2.75) is 6.10 Å². The SMILES string of the molecule is OC(c1cccc(Br)n1)c1nnc(Cl)s1. The zero-order valence-corrected chi connectivity index (χ0v) is 10.4. The van der Waals surface area contributed by atoms with Gasteiger partial charge in [-0.1, -0.05) is 17.4 Å². The van der Waals surface area contributed by atoms with Crippen molar-refractivity contribution < 1.29 is 5.11 Å². The van der Waals surface area contributed by atoms with Crippen molar-refractivity contribution in [1.82, 2.24) is 15.2 Å². The van der Waals surface area contributed by atoms with Gasteiger partial charge in [0.2, 0.25) is 4.47 Å². The van der Waals surface area contributed by atoms with E-state index in [0.717, 1.165) is 11.3 Å². The molecule has 15 heavy (non-hydrogen) atoms. The van der Waals surface area contributed by atoms with Crippen molar-refractivity contribution >= 4 is 38.9 Å². The molecule has 1 unspecified atom stereocenters. The summed E-state index contributed by atoms with van der Waals surface area (Å²) in [6.07, 6.45) is -0.882. The maximum absolute atomic E-state index is 9.90. The molecule has 0 fully saturated rings. The van der Waals surface area contributed by atoms with Gasteiger partial charge >= 0.3 is 0 Å². The quantitative estimate of drug-likeness (QED) is 0.866. The van der Waals surface area contributed by atoms with E-state index in [1.165, 1.54) is 0 Å². The lowest BCUT2D eigenvalue weighted by molar-refractivity contribution is 0.213. The Kier molecular flexibility index (Phi) is 3.30. The molecule has 1 N–H and O–H groups in total.